The van der Waals surface area contributed by atoms with E-state index in [1.807, 2.05) is 52.8 Å². The lowest BCUT2D eigenvalue weighted by atomic mass is 9.62. The van der Waals surface area contributed by atoms with Crippen LogP contribution in [0.5, 0.6) is 0 Å². The average Bonchev–Trinajstić information content (AvgIpc) is 2.72. The minimum Gasteiger partial charge on any atom is -0.324 e. The van der Waals surface area contributed by atoms with E-state index in [4.69, 9.17) is 0 Å². The average molecular weight is 342 g/mol. The van der Waals surface area contributed by atoms with Crippen LogP contribution in [-0.2, 0) is 14.4 Å². The Balaban J connectivity index is 1.81. The maximum Gasteiger partial charge on any atom is 0.244 e. The first-order valence-electron chi connectivity index (χ1n) is 8.81. The molecule has 1 saturated carbocycles. The number of nitrogens with one attached hydrogen (secondary N) is 1. The summed E-state index contributed by atoms with van der Waals surface area (Å²) in [5, 5.41) is 2.87. The van der Waals surface area contributed by atoms with Gasteiger partial charge in [-0.25, -0.2) is 0 Å². The van der Waals surface area contributed by atoms with Crippen molar-refractivity contribution in [1.29, 1.82) is 0 Å². The molecule has 134 valence electrons. The Hall–Kier alpha value is -2.17. The van der Waals surface area contributed by atoms with Crippen LogP contribution in [0.1, 0.15) is 44.7 Å². The Kier molecular flexibility index (Phi) is 4.01. The van der Waals surface area contributed by atoms with Gasteiger partial charge in [0.25, 0.3) is 0 Å². The van der Waals surface area contributed by atoms with Gasteiger partial charge >= 0.3 is 0 Å². The van der Waals surface area contributed by atoms with Crippen LogP contribution in [0, 0.1) is 30.6 Å². The number of fused-ring (bicyclic) bond motifs is 2. The van der Waals surface area contributed by atoms with Gasteiger partial charge in [0.2, 0.25) is 17.7 Å². The highest BCUT2D eigenvalue weighted by molar-refractivity contribution is 6.07. The summed E-state index contributed by atoms with van der Waals surface area (Å²) in [7, 11) is 0. The molecule has 2 aliphatic rings. The Morgan fingerprint density at radius 1 is 1.20 bits per heavy atom. The van der Waals surface area contributed by atoms with Crippen molar-refractivity contribution in [2.75, 3.05) is 11.9 Å². The molecule has 5 heteroatoms. The fourth-order valence-corrected chi connectivity index (χ4v) is 4.39. The summed E-state index contributed by atoms with van der Waals surface area (Å²) >= 11 is 0. The standard InChI is InChI=1S/C20H26N2O3/c1-12-7-6-8-13(2)16(12)21-15(23)11-22-17(24)14-9-10-20(5,18(22)25)19(14,3)4/h6-8,14H,9-11H2,1-5H3,(H,21,23). The molecule has 1 heterocycles. The second-order valence-electron chi connectivity index (χ2n) is 8.19. The van der Waals surface area contributed by atoms with Crippen molar-refractivity contribution in [3.05, 3.63) is 29.3 Å². The van der Waals surface area contributed by atoms with Crippen molar-refractivity contribution < 1.29 is 14.4 Å². The van der Waals surface area contributed by atoms with Crippen LogP contribution >= 0.6 is 0 Å². The number of para-hydroxylation sites is 1. The fourth-order valence-electron chi connectivity index (χ4n) is 4.39. The van der Waals surface area contributed by atoms with E-state index in [0.717, 1.165) is 16.8 Å². The highest BCUT2D eigenvalue weighted by Crippen LogP contribution is 2.59. The summed E-state index contributed by atoms with van der Waals surface area (Å²) in [6, 6.07) is 5.77. The number of amides is 3. The molecule has 2 atom stereocenters. The van der Waals surface area contributed by atoms with Gasteiger partial charge in [-0.1, -0.05) is 39.0 Å². The van der Waals surface area contributed by atoms with Crippen molar-refractivity contribution in [3.8, 4) is 0 Å². The third kappa shape index (κ3) is 2.48. The molecule has 1 saturated heterocycles. The van der Waals surface area contributed by atoms with Gasteiger partial charge in [-0.3, -0.25) is 19.3 Å². The Morgan fingerprint density at radius 2 is 1.80 bits per heavy atom. The Labute approximate surface area is 148 Å². The predicted molar refractivity (Wildman–Crippen MR) is 95.9 cm³/mol. The van der Waals surface area contributed by atoms with Crippen LogP contribution < -0.4 is 5.32 Å². The van der Waals surface area contributed by atoms with Gasteiger partial charge in [-0.05, 0) is 43.2 Å². The number of imide groups is 1. The van der Waals surface area contributed by atoms with Crippen molar-refractivity contribution in [2.24, 2.45) is 16.7 Å². The molecular formula is C20H26N2O3. The normalized spacial score (nSPS) is 27.6. The molecule has 1 aromatic rings. The second kappa shape index (κ2) is 5.68. The Morgan fingerprint density at radius 3 is 2.40 bits per heavy atom. The SMILES string of the molecule is Cc1cccc(C)c1NC(=O)CN1C(=O)C2CCC(C)(C1=O)C2(C)C. The van der Waals surface area contributed by atoms with Gasteiger partial charge in [0, 0.05) is 11.6 Å². The van der Waals surface area contributed by atoms with Crippen molar-refractivity contribution >= 4 is 23.4 Å². The molecule has 1 aliphatic heterocycles. The number of nitrogens with zero attached hydrogens (tertiary/aromatic N) is 1. The third-order valence-corrected chi connectivity index (χ3v) is 6.55. The van der Waals surface area contributed by atoms with Crippen LogP contribution in [0.25, 0.3) is 0 Å². The highest BCUT2D eigenvalue weighted by atomic mass is 16.2. The number of carbonyl (C=O) groups excluding carboxylic acids is 3. The molecular weight excluding hydrogens is 316 g/mol. The predicted octanol–water partition coefficient (Wildman–Crippen LogP) is 3.05. The van der Waals surface area contributed by atoms with Crippen LogP contribution in [0.4, 0.5) is 5.69 Å². The van der Waals surface area contributed by atoms with E-state index in [1.54, 1.807) is 0 Å². The van der Waals surface area contributed by atoms with Crippen molar-refractivity contribution in [1.82, 2.24) is 4.90 Å². The molecule has 1 N–H and O–H groups in total. The van der Waals surface area contributed by atoms with E-state index < -0.39 is 5.41 Å². The van der Waals surface area contributed by atoms with E-state index in [2.05, 4.69) is 5.32 Å². The number of likely N-dealkylation sites (tertiary alicyclic amines) is 1. The van der Waals surface area contributed by atoms with E-state index >= 15 is 0 Å². The maximum absolute atomic E-state index is 13.0. The molecule has 3 amide bonds. The topological polar surface area (TPSA) is 66.5 Å². The van der Waals surface area contributed by atoms with E-state index in [0.29, 0.717) is 12.8 Å². The van der Waals surface area contributed by atoms with Gasteiger partial charge in [0.15, 0.2) is 0 Å². The molecule has 25 heavy (non-hydrogen) atoms. The highest BCUT2D eigenvalue weighted by Gasteiger charge is 2.64. The van der Waals surface area contributed by atoms with Gasteiger partial charge in [-0.15, -0.1) is 0 Å². The fraction of sp³-hybridized carbons (Fsp3) is 0.550. The zero-order valence-corrected chi connectivity index (χ0v) is 15.6. The van der Waals surface area contributed by atoms with Gasteiger partial charge in [-0.2, -0.15) is 0 Å². The number of hydrogen-bond donors (Lipinski definition) is 1. The number of carbonyl (C=O) groups is 3. The number of aryl methyl sites for hydroxylation is 2. The summed E-state index contributed by atoms with van der Waals surface area (Å²) < 4.78 is 0. The third-order valence-electron chi connectivity index (χ3n) is 6.55. The molecule has 0 radical (unpaired) electrons. The maximum atomic E-state index is 13.0. The number of rotatable bonds is 3. The zero-order valence-electron chi connectivity index (χ0n) is 15.6. The zero-order chi connectivity index (χ0) is 18.6. The van der Waals surface area contributed by atoms with Crippen LogP contribution in [0.15, 0.2) is 18.2 Å². The first-order valence-corrected chi connectivity index (χ1v) is 8.81. The van der Waals surface area contributed by atoms with Crippen LogP contribution in [-0.4, -0.2) is 29.2 Å². The number of hydrogen-bond acceptors (Lipinski definition) is 3. The number of benzene rings is 1. The lowest BCUT2D eigenvalue weighted by molar-refractivity contribution is -0.168. The molecule has 2 unspecified atom stereocenters. The first-order chi connectivity index (χ1) is 11.6. The largest absolute Gasteiger partial charge is 0.324 e. The van der Waals surface area contributed by atoms with Crippen LogP contribution in [0.3, 0.4) is 0 Å². The summed E-state index contributed by atoms with van der Waals surface area (Å²) in [4.78, 5) is 39.5. The minimum atomic E-state index is -0.579. The van der Waals surface area contributed by atoms with Gasteiger partial charge in [0.05, 0.1) is 5.41 Å². The number of anilines is 1. The Bertz CT molecular complexity index is 748. The molecule has 3 rings (SSSR count). The monoisotopic (exact) mass is 342 g/mol. The van der Waals surface area contributed by atoms with E-state index in [1.165, 1.54) is 4.90 Å². The van der Waals surface area contributed by atoms with Gasteiger partial charge < -0.3 is 5.32 Å². The smallest absolute Gasteiger partial charge is 0.244 e. The molecule has 2 fully saturated rings. The van der Waals surface area contributed by atoms with E-state index in [-0.39, 0.29) is 35.6 Å². The molecule has 1 aliphatic carbocycles. The summed E-state index contributed by atoms with van der Waals surface area (Å²) in [6.07, 6.45) is 1.41. The van der Waals surface area contributed by atoms with Crippen LogP contribution in [0.2, 0.25) is 0 Å². The molecule has 0 aromatic heterocycles. The quantitative estimate of drug-likeness (QED) is 0.859. The van der Waals surface area contributed by atoms with E-state index in [9.17, 15) is 14.4 Å². The second-order valence-corrected chi connectivity index (χ2v) is 8.19. The first kappa shape index (κ1) is 17.6. The molecule has 1 aromatic carbocycles. The summed E-state index contributed by atoms with van der Waals surface area (Å²) in [6.45, 7) is 9.54. The lowest BCUT2D eigenvalue weighted by Gasteiger charge is -2.47. The van der Waals surface area contributed by atoms with Crippen molar-refractivity contribution in [3.63, 3.8) is 0 Å². The summed E-state index contributed by atoms with van der Waals surface area (Å²) in [5.74, 6) is -0.945. The van der Waals surface area contributed by atoms with Crippen molar-refractivity contribution in [2.45, 2.75) is 47.5 Å². The molecule has 2 bridgehead atoms. The summed E-state index contributed by atoms with van der Waals surface area (Å²) in [5.41, 5.74) is 1.72. The molecule has 0 spiro atoms. The lowest BCUT2D eigenvalue weighted by Crippen LogP contribution is -2.60. The molecule has 5 nitrogen and oxygen atoms in total. The van der Waals surface area contributed by atoms with Gasteiger partial charge in [0.1, 0.15) is 6.54 Å². The minimum absolute atomic E-state index is 0.191. The number of piperidine rings is 1.